The van der Waals surface area contributed by atoms with Crippen LogP contribution in [0, 0.1) is 0 Å². The minimum absolute atomic E-state index is 0.0909. The van der Waals surface area contributed by atoms with Crippen LogP contribution in [0.1, 0.15) is 16.7 Å². The fraction of sp³-hybridized carbons (Fsp3) is 0.571. The molecule has 0 atom stereocenters. The van der Waals surface area contributed by atoms with E-state index < -0.39 is 11.4 Å². The molecule has 0 radical (unpaired) electrons. The minimum atomic E-state index is -1.07. The van der Waals surface area contributed by atoms with Crippen molar-refractivity contribution in [3.8, 4) is 0 Å². The molecule has 6 nitrogen and oxygen atoms in total. The Morgan fingerprint density at radius 2 is 2.13 bits per heavy atom. The van der Waals surface area contributed by atoms with E-state index in [0.717, 1.165) is 11.3 Å². The van der Waals surface area contributed by atoms with Gasteiger partial charge in [0.15, 0.2) is 0 Å². The Morgan fingerprint density at radius 3 is 2.53 bits per heavy atom. The average Bonchev–Trinajstić information content (AvgIpc) is 2.65. The third-order valence-corrected chi connectivity index (χ3v) is 2.73. The lowest BCUT2D eigenvalue weighted by Crippen LogP contribution is -2.51. The highest BCUT2D eigenvalue weighted by Crippen LogP contribution is 2.15. The second-order valence-corrected chi connectivity index (χ2v) is 4.75. The second kappa shape index (κ2) is 4.84. The van der Waals surface area contributed by atoms with Gasteiger partial charge in [-0.25, -0.2) is 0 Å². The number of aliphatic hydroxyl groups is 2. The van der Waals surface area contributed by atoms with Gasteiger partial charge in [0.1, 0.15) is 0 Å². The van der Waals surface area contributed by atoms with Gasteiger partial charge in [-0.2, -0.15) is 0 Å². The van der Waals surface area contributed by atoms with Crippen LogP contribution in [-0.2, 0) is 0 Å². The number of carbonyl (C=O) groups excluding carboxylic acids is 1. The molecule has 1 amide bonds. The molecule has 1 heterocycles. The summed E-state index contributed by atoms with van der Waals surface area (Å²) in [6, 6.07) is 0. The van der Waals surface area contributed by atoms with Crippen LogP contribution in [0.4, 0.5) is 0 Å². The molecule has 0 fully saturated rings. The van der Waals surface area contributed by atoms with Crippen LogP contribution in [0.15, 0.2) is 0 Å². The maximum absolute atomic E-state index is 11.5. The summed E-state index contributed by atoms with van der Waals surface area (Å²) in [7, 11) is 0. The molecular formula is C7H10ClN3O3S. The van der Waals surface area contributed by atoms with Crippen LogP contribution in [-0.4, -0.2) is 45.1 Å². The number of carbonyl (C=O) groups is 1. The van der Waals surface area contributed by atoms with Crippen LogP contribution in [0.5, 0.6) is 0 Å². The number of halogens is 1. The Kier molecular flexibility index (Phi) is 3.97. The first-order valence-electron chi connectivity index (χ1n) is 4.04. The van der Waals surface area contributed by atoms with Crippen LogP contribution in [0.2, 0.25) is 4.47 Å². The molecule has 0 aliphatic heterocycles. The topological polar surface area (TPSA) is 95.3 Å². The summed E-state index contributed by atoms with van der Waals surface area (Å²) in [5, 5.41) is 27.4. The number of hydrogen-bond acceptors (Lipinski definition) is 6. The Labute approximate surface area is 94.9 Å². The van der Waals surface area contributed by atoms with Crippen molar-refractivity contribution in [1.29, 1.82) is 0 Å². The fourth-order valence-corrected chi connectivity index (χ4v) is 1.48. The molecule has 1 aromatic heterocycles. The largest absolute Gasteiger partial charge is 0.394 e. The standard InChI is InChI=1S/C7H10ClN3O3S/c1-7(2-12,3-13)9-4(14)5-10-11-6(8)15-5/h12-13H,2-3H2,1H3,(H,9,14). The van der Waals surface area contributed by atoms with Gasteiger partial charge < -0.3 is 15.5 Å². The summed E-state index contributed by atoms with van der Waals surface area (Å²) < 4.78 is 0.162. The minimum Gasteiger partial charge on any atom is -0.394 e. The lowest BCUT2D eigenvalue weighted by molar-refractivity contribution is 0.0723. The van der Waals surface area contributed by atoms with E-state index >= 15 is 0 Å². The molecular weight excluding hydrogens is 242 g/mol. The fourth-order valence-electron chi connectivity index (χ4n) is 0.754. The normalized spacial score (nSPS) is 11.5. The average molecular weight is 252 g/mol. The maximum Gasteiger partial charge on any atom is 0.282 e. The molecule has 84 valence electrons. The van der Waals surface area contributed by atoms with Crippen molar-refractivity contribution in [2.45, 2.75) is 12.5 Å². The van der Waals surface area contributed by atoms with E-state index in [-0.39, 0.29) is 22.7 Å². The first-order chi connectivity index (χ1) is 7.00. The zero-order valence-electron chi connectivity index (χ0n) is 7.90. The molecule has 3 N–H and O–H groups in total. The van der Waals surface area contributed by atoms with E-state index in [2.05, 4.69) is 15.5 Å². The van der Waals surface area contributed by atoms with Crippen LogP contribution >= 0.6 is 22.9 Å². The van der Waals surface area contributed by atoms with Crippen molar-refractivity contribution >= 4 is 28.8 Å². The number of aromatic nitrogens is 2. The molecule has 0 aliphatic rings. The SMILES string of the molecule is CC(CO)(CO)NC(=O)c1nnc(Cl)s1. The Hall–Kier alpha value is -0.760. The highest BCUT2D eigenvalue weighted by Gasteiger charge is 2.26. The molecule has 1 aromatic rings. The lowest BCUT2D eigenvalue weighted by atomic mass is 10.1. The molecule has 0 spiro atoms. The summed E-state index contributed by atoms with van der Waals surface area (Å²) in [5.74, 6) is -0.523. The number of aliphatic hydroxyl groups excluding tert-OH is 2. The number of nitrogens with one attached hydrogen (secondary N) is 1. The third-order valence-electron chi connectivity index (χ3n) is 1.71. The van der Waals surface area contributed by atoms with Gasteiger partial charge in [0, 0.05) is 0 Å². The van der Waals surface area contributed by atoms with Gasteiger partial charge in [0.05, 0.1) is 18.8 Å². The number of hydrogen-bond donors (Lipinski definition) is 3. The predicted octanol–water partition coefficient (Wildman–Crippen LogP) is -0.335. The molecule has 0 saturated heterocycles. The molecule has 8 heteroatoms. The quantitative estimate of drug-likeness (QED) is 0.681. The van der Waals surface area contributed by atoms with Gasteiger partial charge in [0.2, 0.25) is 9.47 Å². The van der Waals surface area contributed by atoms with Crippen molar-refractivity contribution < 1.29 is 15.0 Å². The zero-order chi connectivity index (χ0) is 11.5. The summed E-state index contributed by atoms with van der Waals surface area (Å²) in [6.07, 6.45) is 0. The van der Waals surface area contributed by atoms with E-state index in [0.29, 0.717) is 0 Å². The highest BCUT2D eigenvalue weighted by molar-refractivity contribution is 7.17. The summed E-state index contributed by atoms with van der Waals surface area (Å²) >= 11 is 6.44. The summed E-state index contributed by atoms with van der Waals surface area (Å²) in [4.78, 5) is 11.5. The van der Waals surface area contributed by atoms with Crippen molar-refractivity contribution in [3.05, 3.63) is 9.47 Å². The number of nitrogens with zero attached hydrogens (tertiary/aromatic N) is 2. The van der Waals surface area contributed by atoms with Gasteiger partial charge in [-0.15, -0.1) is 10.2 Å². The van der Waals surface area contributed by atoms with Crippen molar-refractivity contribution in [2.75, 3.05) is 13.2 Å². The van der Waals surface area contributed by atoms with Gasteiger partial charge in [-0.05, 0) is 18.5 Å². The van der Waals surface area contributed by atoms with E-state index in [1.54, 1.807) is 0 Å². The van der Waals surface area contributed by atoms with Crippen LogP contribution in [0.25, 0.3) is 0 Å². The Morgan fingerprint density at radius 1 is 1.53 bits per heavy atom. The third kappa shape index (κ3) is 3.10. The van der Waals surface area contributed by atoms with Crippen molar-refractivity contribution in [3.63, 3.8) is 0 Å². The molecule has 0 aromatic carbocycles. The van der Waals surface area contributed by atoms with E-state index in [1.807, 2.05) is 0 Å². The van der Waals surface area contributed by atoms with Gasteiger partial charge in [-0.3, -0.25) is 4.79 Å². The van der Waals surface area contributed by atoms with Gasteiger partial charge in [0.25, 0.3) is 5.91 Å². The monoisotopic (exact) mass is 251 g/mol. The molecule has 15 heavy (non-hydrogen) atoms. The van der Waals surface area contributed by atoms with Crippen molar-refractivity contribution in [2.24, 2.45) is 0 Å². The molecule has 0 bridgehead atoms. The van der Waals surface area contributed by atoms with E-state index in [9.17, 15) is 4.79 Å². The number of amides is 1. The smallest absolute Gasteiger partial charge is 0.282 e. The van der Waals surface area contributed by atoms with Crippen LogP contribution < -0.4 is 5.32 Å². The van der Waals surface area contributed by atoms with Crippen LogP contribution in [0.3, 0.4) is 0 Å². The summed E-state index contributed by atoms with van der Waals surface area (Å²) in [6.45, 7) is 0.761. The molecule has 0 saturated carbocycles. The van der Waals surface area contributed by atoms with Crippen molar-refractivity contribution in [1.82, 2.24) is 15.5 Å². The molecule has 1 rings (SSSR count). The Bertz CT molecular complexity index is 353. The number of rotatable bonds is 4. The van der Waals surface area contributed by atoms with E-state index in [1.165, 1.54) is 6.92 Å². The maximum atomic E-state index is 11.5. The zero-order valence-corrected chi connectivity index (χ0v) is 9.47. The first kappa shape index (κ1) is 12.3. The van der Waals surface area contributed by atoms with Gasteiger partial charge in [-0.1, -0.05) is 11.3 Å². The second-order valence-electron chi connectivity index (χ2n) is 3.19. The molecule has 0 unspecified atom stereocenters. The molecule has 0 aliphatic carbocycles. The lowest BCUT2D eigenvalue weighted by Gasteiger charge is -2.25. The Balaban J connectivity index is 2.71. The predicted molar refractivity (Wildman–Crippen MR) is 55.0 cm³/mol. The van der Waals surface area contributed by atoms with Gasteiger partial charge >= 0.3 is 0 Å². The summed E-state index contributed by atoms with van der Waals surface area (Å²) in [5.41, 5.74) is -1.07. The highest BCUT2D eigenvalue weighted by atomic mass is 35.5. The first-order valence-corrected chi connectivity index (χ1v) is 5.23. The van der Waals surface area contributed by atoms with E-state index in [4.69, 9.17) is 21.8 Å².